The molecule has 2 heteroatoms. The highest BCUT2D eigenvalue weighted by molar-refractivity contribution is 6.05. The molecule has 2 nitrogen and oxygen atoms in total. The first kappa shape index (κ1) is 10.9. The molecule has 0 saturated heterocycles. The fourth-order valence-corrected chi connectivity index (χ4v) is 2.36. The second kappa shape index (κ2) is 4.22. The minimum atomic E-state index is 0.861. The van der Waals surface area contributed by atoms with Gasteiger partial charge in [-0.1, -0.05) is 24.3 Å². The second-order valence-electron chi connectivity index (χ2n) is 4.22. The molecule has 90 valence electrons. The van der Waals surface area contributed by atoms with Gasteiger partial charge in [-0.15, -0.1) is 0 Å². The van der Waals surface area contributed by atoms with Gasteiger partial charge in [0, 0.05) is 10.8 Å². The van der Waals surface area contributed by atoms with E-state index in [1.807, 2.05) is 30.3 Å². The minimum absolute atomic E-state index is 0.861. The van der Waals surface area contributed by atoms with E-state index in [0.29, 0.717) is 0 Å². The average molecular weight is 238 g/mol. The highest BCUT2D eigenvalue weighted by Gasteiger charge is 2.08. The van der Waals surface area contributed by atoms with Crippen LogP contribution in [-0.4, -0.2) is 14.2 Å². The SMILES string of the molecule is COc1ccc2c(OC)c3ccccc3cc2c1. The van der Waals surface area contributed by atoms with Gasteiger partial charge in [-0.2, -0.15) is 0 Å². The molecule has 0 saturated carbocycles. The van der Waals surface area contributed by atoms with Crippen LogP contribution in [0.4, 0.5) is 0 Å². The normalized spacial score (nSPS) is 10.8. The molecule has 3 aromatic carbocycles. The first-order valence-corrected chi connectivity index (χ1v) is 5.87. The number of benzene rings is 3. The van der Waals surface area contributed by atoms with Crippen molar-refractivity contribution in [2.24, 2.45) is 0 Å². The molecule has 0 aromatic heterocycles. The summed E-state index contributed by atoms with van der Waals surface area (Å²) in [5.74, 6) is 1.78. The molecule has 0 amide bonds. The molecular weight excluding hydrogens is 224 g/mol. The Kier molecular flexibility index (Phi) is 2.56. The van der Waals surface area contributed by atoms with Gasteiger partial charge in [0.1, 0.15) is 11.5 Å². The fourth-order valence-electron chi connectivity index (χ4n) is 2.36. The van der Waals surface area contributed by atoms with E-state index < -0.39 is 0 Å². The zero-order chi connectivity index (χ0) is 12.5. The summed E-state index contributed by atoms with van der Waals surface area (Å²) in [4.78, 5) is 0. The van der Waals surface area contributed by atoms with Crippen molar-refractivity contribution in [3.63, 3.8) is 0 Å². The molecule has 0 spiro atoms. The monoisotopic (exact) mass is 238 g/mol. The van der Waals surface area contributed by atoms with Gasteiger partial charge in [-0.3, -0.25) is 0 Å². The maximum absolute atomic E-state index is 5.57. The lowest BCUT2D eigenvalue weighted by atomic mass is 10.0. The Hall–Kier alpha value is -2.22. The first-order chi connectivity index (χ1) is 8.83. The van der Waals surface area contributed by atoms with Gasteiger partial charge in [0.25, 0.3) is 0 Å². The third-order valence-electron chi connectivity index (χ3n) is 3.22. The third-order valence-corrected chi connectivity index (χ3v) is 3.22. The Morgan fingerprint density at radius 1 is 0.722 bits per heavy atom. The van der Waals surface area contributed by atoms with Crippen LogP contribution in [0.3, 0.4) is 0 Å². The molecule has 0 bridgehead atoms. The highest BCUT2D eigenvalue weighted by atomic mass is 16.5. The molecule has 0 aliphatic carbocycles. The van der Waals surface area contributed by atoms with E-state index in [9.17, 15) is 0 Å². The smallest absolute Gasteiger partial charge is 0.134 e. The van der Waals surface area contributed by atoms with Crippen LogP contribution in [0.25, 0.3) is 21.5 Å². The highest BCUT2D eigenvalue weighted by Crippen LogP contribution is 2.36. The Morgan fingerprint density at radius 2 is 1.50 bits per heavy atom. The largest absolute Gasteiger partial charge is 0.497 e. The van der Waals surface area contributed by atoms with E-state index in [1.54, 1.807) is 14.2 Å². The van der Waals surface area contributed by atoms with Crippen LogP contribution in [-0.2, 0) is 0 Å². The molecule has 0 unspecified atom stereocenters. The fraction of sp³-hybridized carbons (Fsp3) is 0.125. The average Bonchev–Trinajstić information content (AvgIpc) is 2.44. The van der Waals surface area contributed by atoms with Crippen molar-refractivity contribution in [2.45, 2.75) is 0 Å². The van der Waals surface area contributed by atoms with Crippen molar-refractivity contribution in [1.29, 1.82) is 0 Å². The summed E-state index contributed by atoms with van der Waals surface area (Å²) in [7, 11) is 3.39. The summed E-state index contributed by atoms with van der Waals surface area (Å²) in [6.45, 7) is 0. The van der Waals surface area contributed by atoms with Crippen LogP contribution in [0.2, 0.25) is 0 Å². The van der Waals surface area contributed by atoms with Crippen molar-refractivity contribution in [3.8, 4) is 11.5 Å². The topological polar surface area (TPSA) is 18.5 Å². The summed E-state index contributed by atoms with van der Waals surface area (Å²) < 4.78 is 10.8. The zero-order valence-electron chi connectivity index (χ0n) is 10.4. The van der Waals surface area contributed by atoms with Gasteiger partial charge in [0.2, 0.25) is 0 Å². The Bertz CT molecular complexity index is 717. The molecule has 18 heavy (non-hydrogen) atoms. The molecular formula is C16H14O2. The molecule has 3 aromatic rings. The number of rotatable bonds is 2. The van der Waals surface area contributed by atoms with E-state index in [-0.39, 0.29) is 0 Å². The lowest BCUT2D eigenvalue weighted by Crippen LogP contribution is -1.89. The van der Waals surface area contributed by atoms with Crippen molar-refractivity contribution >= 4 is 21.5 Å². The molecule has 0 aliphatic heterocycles. The van der Waals surface area contributed by atoms with Crippen LogP contribution >= 0.6 is 0 Å². The van der Waals surface area contributed by atoms with Crippen LogP contribution in [0.5, 0.6) is 11.5 Å². The van der Waals surface area contributed by atoms with E-state index in [4.69, 9.17) is 9.47 Å². The van der Waals surface area contributed by atoms with Gasteiger partial charge >= 0.3 is 0 Å². The summed E-state index contributed by atoms with van der Waals surface area (Å²) in [5, 5.41) is 4.55. The summed E-state index contributed by atoms with van der Waals surface area (Å²) in [5.41, 5.74) is 0. The van der Waals surface area contributed by atoms with E-state index in [1.165, 1.54) is 5.39 Å². The Morgan fingerprint density at radius 3 is 2.28 bits per heavy atom. The summed E-state index contributed by atoms with van der Waals surface area (Å²) in [6.07, 6.45) is 0. The van der Waals surface area contributed by atoms with Crippen molar-refractivity contribution < 1.29 is 9.47 Å². The van der Waals surface area contributed by atoms with E-state index in [2.05, 4.69) is 18.2 Å². The Labute approximate surface area is 106 Å². The lowest BCUT2D eigenvalue weighted by molar-refractivity contribution is 0.415. The Balaban J connectivity index is 2.45. The van der Waals surface area contributed by atoms with Gasteiger partial charge < -0.3 is 9.47 Å². The number of methoxy groups -OCH3 is 2. The van der Waals surface area contributed by atoms with Crippen LogP contribution in [0.15, 0.2) is 48.5 Å². The predicted octanol–water partition coefficient (Wildman–Crippen LogP) is 4.01. The van der Waals surface area contributed by atoms with E-state index in [0.717, 1.165) is 27.7 Å². The van der Waals surface area contributed by atoms with Gasteiger partial charge in [0.15, 0.2) is 0 Å². The lowest BCUT2D eigenvalue weighted by Gasteiger charge is -2.11. The maximum atomic E-state index is 5.57. The van der Waals surface area contributed by atoms with E-state index >= 15 is 0 Å². The molecule has 3 rings (SSSR count). The van der Waals surface area contributed by atoms with Crippen molar-refractivity contribution in [2.75, 3.05) is 14.2 Å². The zero-order valence-corrected chi connectivity index (χ0v) is 10.4. The minimum Gasteiger partial charge on any atom is -0.497 e. The van der Waals surface area contributed by atoms with Gasteiger partial charge in [-0.25, -0.2) is 0 Å². The number of hydrogen-bond acceptors (Lipinski definition) is 2. The summed E-state index contributed by atoms with van der Waals surface area (Å²) >= 11 is 0. The van der Waals surface area contributed by atoms with Gasteiger partial charge in [0.05, 0.1) is 14.2 Å². The second-order valence-corrected chi connectivity index (χ2v) is 4.22. The molecule has 0 atom stereocenters. The number of ether oxygens (including phenoxy) is 2. The first-order valence-electron chi connectivity index (χ1n) is 5.87. The van der Waals surface area contributed by atoms with Gasteiger partial charge in [-0.05, 0) is 35.0 Å². The van der Waals surface area contributed by atoms with Crippen LogP contribution < -0.4 is 9.47 Å². The van der Waals surface area contributed by atoms with Crippen LogP contribution in [0.1, 0.15) is 0 Å². The number of fused-ring (bicyclic) bond motifs is 2. The third kappa shape index (κ3) is 1.58. The maximum Gasteiger partial charge on any atom is 0.134 e. The van der Waals surface area contributed by atoms with Crippen molar-refractivity contribution in [3.05, 3.63) is 48.5 Å². The molecule has 0 fully saturated rings. The summed E-state index contributed by atoms with van der Waals surface area (Å²) in [6, 6.07) is 16.4. The van der Waals surface area contributed by atoms with Crippen molar-refractivity contribution in [1.82, 2.24) is 0 Å². The standard InChI is InChI=1S/C16H14O2/c1-17-13-7-8-15-12(10-13)9-11-5-3-4-6-14(11)16(15)18-2/h3-10H,1-2H3. The number of hydrogen-bond donors (Lipinski definition) is 0. The molecule has 0 aliphatic rings. The van der Waals surface area contributed by atoms with Crippen LogP contribution in [0, 0.1) is 0 Å². The molecule has 0 radical (unpaired) electrons. The molecule has 0 N–H and O–H groups in total. The molecule has 0 heterocycles. The quantitative estimate of drug-likeness (QED) is 0.628. The predicted molar refractivity (Wildman–Crippen MR) is 74.6 cm³/mol.